The Kier molecular flexibility index (Phi) is 8.67. The van der Waals surface area contributed by atoms with Gasteiger partial charge in [0.2, 0.25) is 0 Å². The molecule has 0 unspecified atom stereocenters. The van der Waals surface area contributed by atoms with Crippen molar-refractivity contribution in [2.45, 2.75) is 13.0 Å². The maximum atomic E-state index is 13.6. The summed E-state index contributed by atoms with van der Waals surface area (Å²) < 4.78 is 26.7. The van der Waals surface area contributed by atoms with Gasteiger partial charge in [0.05, 0.1) is 6.54 Å². The second-order valence-electron chi connectivity index (χ2n) is 5.43. The van der Waals surface area contributed by atoms with E-state index in [0.29, 0.717) is 31.0 Å². The molecule has 1 N–H and O–H groups in total. The zero-order chi connectivity index (χ0) is 16.7. The summed E-state index contributed by atoms with van der Waals surface area (Å²) in [4.78, 5) is 6.39. The first-order chi connectivity index (χ1) is 11.1. The molecule has 0 aliphatic carbocycles. The lowest BCUT2D eigenvalue weighted by molar-refractivity contribution is 0.567. The molecule has 2 rings (SSSR count). The van der Waals surface area contributed by atoms with Crippen LogP contribution in [0.25, 0.3) is 0 Å². The highest BCUT2D eigenvalue weighted by Crippen LogP contribution is 2.09. The number of nitrogens with zero attached hydrogens (tertiary/aromatic N) is 2. The maximum Gasteiger partial charge on any atom is 0.193 e. The number of benzene rings is 2. The number of nitrogens with one attached hydrogen (secondary N) is 1. The van der Waals surface area contributed by atoms with Crippen molar-refractivity contribution in [3.8, 4) is 0 Å². The molecule has 0 bridgehead atoms. The van der Waals surface area contributed by atoms with E-state index < -0.39 is 5.82 Å². The summed E-state index contributed by atoms with van der Waals surface area (Å²) in [5.74, 6) is -0.0986. The monoisotopic (exact) mass is 445 g/mol. The van der Waals surface area contributed by atoms with Crippen molar-refractivity contribution in [1.29, 1.82) is 0 Å². The van der Waals surface area contributed by atoms with Crippen molar-refractivity contribution in [2.75, 3.05) is 20.6 Å². The molecule has 0 aliphatic rings. The Morgan fingerprint density at radius 1 is 1.08 bits per heavy atom. The molecule has 6 heteroatoms. The van der Waals surface area contributed by atoms with Gasteiger partial charge in [0.25, 0.3) is 0 Å². The quantitative estimate of drug-likeness (QED) is 0.431. The van der Waals surface area contributed by atoms with E-state index in [1.54, 1.807) is 0 Å². The van der Waals surface area contributed by atoms with E-state index in [1.807, 2.05) is 49.3 Å². The Morgan fingerprint density at radius 3 is 2.46 bits per heavy atom. The number of rotatable bonds is 5. The Morgan fingerprint density at radius 2 is 1.79 bits per heavy atom. The lowest BCUT2D eigenvalue weighted by Crippen LogP contribution is -2.37. The fourth-order valence-corrected chi connectivity index (χ4v) is 2.15. The first-order valence-electron chi connectivity index (χ1n) is 7.50. The van der Waals surface area contributed by atoms with Crippen LogP contribution < -0.4 is 5.32 Å². The maximum absolute atomic E-state index is 13.6. The highest BCUT2D eigenvalue weighted by Gasteiger charge is 2.06. The second kappa shape index (κ2) is 10.2. The normalized spacial score (nSPS) is 10.9. The van der Waals surface area contributed by atoms with Crippen molar-refractivity contribution < 1.29 is 8.78 Å². The van der Waals surface area contributed by atoms with Gasteiger partial charge in [-0.05, 0) is 35.7 Å². The third-order valence-electron chi connectivity index (χ3n) is 3.36. The molecule has 3 nitrogen and oxygen atoms in total. The summed E-state index contributed by atoms with van der Waals surface area (Å²) in [5.41, 5.74) is 1.48. The van der Waals surface area contributed by atoms with E-state index in [1.165, 1.54) is 6.07 Å². The summed E-state index contributed by atoms with van der Waals surface area (Å²) in [5, 5.41) is 3.17. The Hall–Kier alpha value is -1.70. The van der Waals surface area contributed by atoms with Crippen LogP contribution in [0.2, 0.25) is 0 Å². The molecule has 0 amide bonds. The first-order valence-corrected chi connectivity index (χ1v) is 7.50. The zero-order valence-corrected chi connectivity index (χ0v) is 16.1. The molecule has 24 heavy (non-hydrogen) atoms. The molecule has 0 saturated heterocycles. The van der Waals surface area contributed by atoms with Crippen LogP contribution in [0, 0.1) is 11.6 Å². The molecule has 2 aromatic carbocycles. The van der Waals surface area contributed by atoms with E-state index in [0.717, 1.165) is 17.7 Å². The van der Waals surface area contributed by atoms with E-state index in [4.69, 9.17) is 0 Å². The second-order valence-corrected chi connectivity index (χ2v) is 5.43. The smallest absolute Gasteiger partial charge is 0.193 e. The van der Waals surface area contributed by atoms with Crippen LogP contribution in [-0.2, 0) is 13.0 Å². The van der Waals surface area contributed by atoms with E-state index in [9.17, 15) is 8.78 Å². The van der Waals surface area contributed by atoms with Crippen LogP contribution in [0.3, 0.4) is 0 Å². The minimum Gasteiger partial charge on any atom is -0.356 e. The van der Waals surface area contributed by atoms with Gasteiger partial charge in [-0.1, -0.05) is 30.3 Å². The van der Waals surface area contributed by atoms with Crippen molar-refractivity contribution >= 4 is 29.9 Å². The summed E-state index contributed by atoms with van der Waals surface area (Å²) in [7, 11) is 3.78. The predicted octanol–water partition coefficient (Wildman–Crippen LogP) is 3.83. The van der Waals surface area contributed by atoms with E-state index in [2.05, 4.69) is 10.3 Å². The topological polar surface area (TPSA) is 27.6 Å². The lowest BCUT2D eigenvalue weighted by Gasteiger charge is -2.18. The van der Waals surface area contributed by atoms with Crippen LogP contribution in [0.15, 0.2) is 53.5 Å². The van der Waals surface area contributed by atoms with Crippen LogP contribution in [0.4, 0.5) is 8.78 Å². The van der Waals surface area contributed by atoms with Gasteiger partial charge in [0.15, 0.2) is 5.96 Å². The van der Waals surface area contributed by atoms with Gasteiger partial charge < -0.3 is 10.2 Å². The van der Waals surface area contributed by atoms with E-state index in [-0.39, 0.29) is 29.8 Å². The van der Waals surface area contributed by atoms with Crippen LogP contribution in [0.5, 0.6) is 0 Å². The van der Waals surface area contributed by atoms with Gasteiger partial charge in [-0.3, -0.25) is 0 Å². The molecule has 2 aromatic rings. The average Bonchev–Trinajstić information content (AvgIpc) is 2.54. The highest BCUT2D eigenvalue weighted by molar-refractivity contribution is 14.0. The van der Waals surface area contributed by atoms with Crippen molar-refractivity contribution in [1.82, 2.24) is 10.2 Å². The molecular weight excluding hydrogens is 423 g/mol. The molecule has 0 saturated carbocycles. The minimum absolute atomic E-state index is 0. The SMILES string of the molecule is CN(C)C(=NCc1ccccc1)NCCc1cc(F)ccc1F.I. The molecular formula is C18H22F2IN3. The molecule has 0 spiro atoms. The first kappa shape index (κ1) is 20.3. The minimum atomic E-state index is -0.424. The fourth-order valence-electron chi connectivity index (χ4n) is 2.15. The molecule has 0 aliphatic heterocycles. The van der Waals surface area contributed by atoms with E-state index >= 15 is 0 Å². The lowest BCUT2D eigenvalue weighted by atomic mass is 10.1. The molecule has 0 heterocycles. The molecule has 0 radical (unpaired) electrons. The Balaban J connectivity index is 0.00000288. The summed E-state index contributed by atoms with van der Waals surface area (Å²) >= 11 is 0. The summed E-state index contributed by atoms with van der Waals surface area (Å²) in [6, 6.07) is 13.4. The van der Waals surface area contributed by atoms with Gasteiger partial charge in [-0.2, -0.15) is 0 Å². The highest BCUT2D eigenvalue weighted by atomic mass is 127. The van der Waals surface area contributed by atoms with Crippen molar-refractivity contribution in [2.24, 2.45) is 4.99 Å². The van der Waals surface area contributed by atoms with Gasteiger partial charge in [0, 0.05) is 20.6 Å². The Labute approximate surface area is 158 Å². The number of guanidine groups is 1. The number of hydrogen-bond donors (Lipinski definition) is 1. The molecule has 0 fully saturated rings. The van der Waals surface area contributed by atoms with Gasteiger partial charge >= 0.3 is 0 Å². The predicted molar refractivity (Wildman–Crippen MR) is 105 cm³/mol. The van der Waals surface area contributed by atoms with Gasteiger partial charge in [0.1, 0.15) is 11.6 Å². The van der Waals surface area contributed by atoms with Crippen LogP contribution in [-0.4, -0.2) is 31.5 Å². The third-order valence-corrected chi connectivity index (χ3v) is 3.36. The molecule has 0 aromatic heterocycles. The summed E-state index contributed by atoms with van der Waals surface area (Å²) in [6.45, 7) is 1.04. The average molecular weight is 445 g/mol. The third kappa shape index (κ3) is 6.43. The van der Waals surface area contributed by atoms with Crippen molar-refractivity contribution in [3.63, 3.8) is 0 Å². The largest absolute Gasteiger partial charge is 0.356 e. The van der Waals surface area contributed by atoms with Gasteiger partial charge in [-0.25, -0.2) is 13.8 Å². The number of aliphatic imine (C=N–C) groups is 1. The van der Waals surface area contributed by atoms with Crippen molar-refractivity contribution in [3.05, 3.63) is 71.3 Å². The molecule has 0 atom stereocenters. The van der Waals surface area contributed by atoms with Gasteiger partial charge in [-0.15, -0.1) is 24.0 Å². The fraction of sp³-hybridized carbons (Fsp3) is 0.278. The standard InChI is InChI=1S/C18H21F2N3.HI/c1-23(2)18(22-13-14-6-4-3-5-7-14)21-11-10-15-12-16(19)8-9-17(15)20;/h3-9,12H,10-11,13H2,1-2H3,(H,21,22);1H. The van der Waals surface area contributed by atoms with Crippen LogP contribution >= 0.6 is 24.0 Å². The Bertz CT molecular complexity index is 661. The van der Waals surface area contributed by atoms with Crippen LogP contribution in [0.1, 0.15) is 11.1 Å². The zero-order valence-electron chi connectivity index (χ0n) is 13.8. The molecule has 130 valence electrons. The number of halogens is 3. The summed E-state index contributed by atoms with van der Waals surface area (Å²) in [6.07, 6.45) is 0.391. The number of hydrogen-bond acceptors (Lipinski definition) is 1.